The summed E-state index contributed by atoms with van der Waals surface area (Å²) < 4.78 is 4.97. The van der Waals surface area contributed by atoms with E-state index in [2.05, 4.69) is 20.5 Å². The van der Waals surface area contributed by atoms with Crippen LogP contribution in [0.2, 0.25) is 0 Å². The Hall–Kier alpha value is -1.24. The number of hydrogen-bond donors (Lipinski definition) is 2. The molecule has 0 saturated carbocycles. The van der Waals surface area contributed by atoms with Crippen LogP contribution < -0.4 is 5.32 Å². The average Bonchev–Trinajstić information content (AvgIpc) is 2.94. The van der Waals surface area contributed by atoms with Gasteiger partial charge in [-0.15, -0.1) is 11.3 Å². The van der Waals surface area contributed by atoms with E-state index >= 15 is 0 Å². The first kappa shape index (κ1) is 11.3. The van der Waals surface area contributed by atoms with Gasteiger partial charge in [0.25, 0.3) is 0 Å². The van der Waals surface area contributed by atoms with Crippen molar-refractivity contribution in [3.8, 4) is 10.7 Å². The second kappa shape index (κ2) is 5.74. The molecule has 0 aliphatic heterocycles. The smallest absolute Gasteiger partial charge is 0.141 e. The van der Waals surface area contributed by atoms with Crippen LogP contribution in [-0.4, -0.2) is 35.4 Å². The van der Waals surface area contributed by atoms with Gasteiger partial charge in [-0.3, -0.25) is 5.10 Å². The molecule has 0 spiro atoms. The van der Waals surface area contributed by atoms with Crippen LogP contribution in [0.1, 0.15) is 5.56 Å². The summed E-state index contributed by atoms with van der Waals surface area (Å²) >= 11 is 1.60. The molecule has 0 saturated heterocycles. The van der Waals surface area contributed by atoms with Crippen molar-refractivity contribution < 1.29 is 4.74 Å². The number of aromatic amines is 1. The minimum Gasteiger partial charge on any atom is -0.383 e. The summed E-state index contributed by atoms with van der Waals surface area (Å²) in [5.74, 6) is 0. The third kappa shape index (κ3) is 2.66. The summed E-state index contributed by atoms with van der Waals surface area (Å²) in [6.07, 6.45) is 3.62. The summed E-state index contributed by atoms with van der Waals surface area (Å²) in [6, 6.07) is 0. The number of nitrogens with one attached hydrogen (secondary N) is 2. The Morgan fingerprint density at radius 2 is 2.50 bits per heavy atom. The van der Waals surface area contributed by atoms with Crippen molar-refractivity contribution in [3.63, 3.8) is 0 Å². The molecule has 6 heteroatoms. The Kier molecular flexibility index (Phi) is 4.03. The Balaban J connectivity index is 1.97. The van der Waals surface area contributed by atoms with Crippen molar-refractivity contribution in [2.45, 2.75) is 6.54 Å². The fraction of sp³-hybridized carbons (Fsp3) is 0.400. The van der Waals surface area contributed by atoms with Gasteiger partial charge in [-0.05, 0) is 0 Å². The SMILES string of the molecule is COCCNCc1cn[nH]c1-c1nccs1. The van der Waals surface area contributed by atoms with E-state index in [4.69, 9.17) is 4.74 Å². The third-order valence-corrected chi connectivity index (χ3v) is 2.95. The Morgan fingerprint density at radius 1 is 1.56 bits per heavy atom. The van der Waals surface area contributed by atoms with Gasteiger partial charge in [-0.25, -0.2) is 4.98 Å². The minimum absolute atomic E-state index is 0.713. The quantitative estimate of drug-likeness (QED) is 0.744. The van der Waals surface area contributed by atoms with E-state index in [9.17, 15) is 0 Å². The highest BCUT2D eigenvalue weighted by Gasteiger charge is 2.08. The highest BCUT2D eigenvalue weighted by Crippen LogP contribution is 2.22. The van der Waals surface area contributed by atoms with Gasteiger partial charge in [0.15, 0.2) is 0 Å². The van der Waals surface area contributed by atoms with E-state index in [1.165, 1.54) is 0 Å². The Morgan fingerprint density at radius 3 is 3.25 bits per heavy atom. The topological polar surface area (TPSA) is 62.8 Å². The molecule has 0 bridgehead atoms. The molecule has 2 N–H and O–H groups in total. The van der Waals surface area contributed by atoms with E-state index in [1.54, 1.807) is 24.6 Å². The second-order valence-electron chi connectivity index (χ2n) is 3.28. The molecule has 2 rings (SSSR count). The van der Waals surface area contributed by atoms with Gasteiger partial charge in [0.2, 0.25) is 0 Å². The van der Waals surface area contributed by atoms with Crippen LogP contribution in [0.15, 0.2) is 17.8 Å². The van der Waals surface area contributed by atoms with Gasteiger partial charge in [0.05, 0.1) is 18.5 Å². The molecule has 0 aliphatic rings. The average molecular weight is 238 g/mol. The lowest BCUT2D eigenvalue weighted by Crippen LogP contribution is -2.18. The van der Waals surface area contributed by atoms with Gasteiger partial charge >= 0.3 is 0 Å². The molecule has 2 aromatic heterocycles. The zero-order chi connectivity index (χ0) is 11.2. The molecule has 16 heavy (non-hydrogen) atoms. The van der Waals surface area contributed by atoms with Gasteiger partial charge in [0, 0.05) is 37.3 Å². The lowest BCUT2D eigenvalue weighted by molar-refractivity contribution is 0.199. The highest BCUT2D eigenvalue weighted by molar-refractivity contribution is 7.13. The summed E-state index contributed by atoms with van der Waals surface area (Å²) in [5, 5.41) is 13.2. The largest absolute Gasteiger partial charge is 0.383 e. The first-order chi connectivity index (χ1) is 7.92. The number of rotatable bonds is 6. The van der Waals surface area contributed by atoms with Crippen LogP contribution in [-0.2, 0) is 11.3 Å². The lowest BCUT2D eigenvalue weighted by Gasteiger charge is -2.03. The van der Waals surface area contributed by atoms with Crippen molar-refractivity contribution in [1.82, 2.24) is 20.5 Å². The Labute approximate surface area is 97.9 Å². The van der Waals surface area contributed by atoms with Crippen LogP contribution in [0.25, 0.3) is 10.7 Å². The molecule has 0 radical (unpaired) electrons. The van der Waals surface area contributed by atoms with Crippen LogP contribution >= 0.6 is 11.3 Å². The predicted molar refractivity (Wildman–Crippen MR) is 63.3 cm³/mol. The van der Waals surface area contributed by atoms with Crippen LogP contribution in [0.5, 0.6) is 0 Å². The summed E-state index contributed by atoms with van der Waals surface area (Å²) in [6.45, 7) is 2.32. The monoisotopic (exact) mass is 238 g/mol. The first-order valence-corrected chi connectivity index (χ1v) is 5.91. The van der Waals surface area contributed by atoms with Crippen molar-refractivity contribution in [2.75, 3.05) is 20.3 Å². The van der Waals surface area contributed by atoms with Gasteiger partial charge < -0.3 is 10.1 Å². The summed E-state index contributed by atoms with van der Waals surface area (Å²) in [7, 11) is 1.69. The van der Waals surface area contributed by atoms with Crippen molar-refractivity contribution in [2.24, 2.45) is 0 Å². The number of aromatic nitrogens is 3. The molecule has 5 nitrogen and oxygen atoms in total. The van der Waals surface area contributed by atoms with E-state index < -0.39 is 0 Å². The van der Waals surface area contributed by atoms with Crippen molar-refractivity contribution in [3.05, 3.63) is 23.3 Å². The molecule has 86 valence electrons. The Bertz CT molecular complexity index is 412. The molecular formula is C10H14N4OS. The zero-order valence-corrected chi connectivity index (χ0v) is 9.88. The van der Waals surface area contributed by atoms with E-state index in [0.717, 1.165) is 29.4 Å². The second-order valence-corrected chi connectivity index (χ2v) is 4.17. The lowest BCUT2D eigenvalue weighted by atomic mass is 10.2. The van der Waals surface area contributed by atoms with Crippen molar-refractivity contribution >= 4 is 11.3 Å². The van der Waals surface area contributed by atoms with E-state index in [1.807, 2.05) is 11.6 Å². The number of hydrogen-bond acceptors (Lipinski definition) is 5. The molecule has 0 fully saturated rings. The maximum Gasteiger partial charge on any atom is 0.141 e. The standard InChI is InChI=1S/C10H14N4OS/c1-15-4-2-11-6-8-7-13-14-9(8)10-12-3-5-16-10/h3,5,7,11H,2,4,6H2,1H3,(H,13,14). The van der Waals surface area contributed by atoms with E-state index in [0.29, 0.717) is 6.61 Å². The van der Waals surface area contributed by atoms with Crippen LogP contribution in [0.3, 0.4) is 0 Å². The molecule has 2 heterocycles. The highest BCUT2D eigenvalue weighted by atomic mass is 32.1. The third-order valence-electron chi connectivity index (χ3n) is 2.16. The molecule has 2 aromatic rings. The molecular weight excluding hydrogens is 224 g/mol. The number of methoxy groups -OCH3 is 1. The van der Waals surface area contributed by atoms with Gasteiger partial charge in [0.1, 0.15) is 5.01 Å². The van der Waals surface area contributed by atoms with Gasteiger partial charge in [-0.1, -0.05) is 0 Å². The number of thiazole rings is 1. The fourth-order valence-electron chi connectivity index (χ4n) is 1.37. The zero-order valence-electron chi connectivity index (χ0n) is 9.06. The van der Waals surface area contributed by atoms with Crippen molar-refractivity contribution in [1.29, 1.82) is 0 Å². The normalized spacial score (nSPS) is 10.8. The first-order valence-electron chi connectivity index (χ1n) is 5.03. The van der Waals surface area contributed by atoms with Crippen LogP contribution in [0, 0.1) is 0 Å². The summed E-state index contributed by atoms with van der Waals surface area (Å²) in [4.78, 5) is 4.26. The molecule has 0 atom stereocenters. The molecule has 0 amide bonds. The fourth-order valence-corrected chi connectivity index (χ4v) is 2.04. The van der Waals surface area contributed by atoms with E-state index in [-0.39, 0.29) is 0 Å². The maximum atomic E-state index is 4.97. The maximum absolute atomic E-state index is 4.97. The number of ether oxygens (including phenoxy) is 1. The minimum atomic E-state index is 0.713. The predicted octanol–water partition coefficient (Wildman–Crippen LogP) is 1.27. The molecule has 0 aromatic carbocycles. The number of H-pyrrole nitrogens is 1. The number of nitrogens with zero attached hydrogens (tertiary/aromatic N) is 2. The molecule has 0 unspecified atom stereocenters. The van der Waals surface area contributed by atoms with Gasteiger partial charge in [-0.2, -0.15) is 5.10 Å². The molecule has 0 aliphatic carbocycles. The van der Waals surface area contributed by atoms with Crippen LogP contribution in [0.4, 0.5) is 0 Å². The summed E-state index contributed by atoms with van der Waals surface area (Å²) in [5.41, 5.74) is 2.13.